The highest BCUT2D eigenvalue weighted by Crippen LogP contribution is 2.31. The number of anilines is 1. The van der Waals surface area contributed by atoms with Crippen LogP contribution in [0.1, 0.15) is 36.0 Å². The number of sulfonamides is 1. The van der Waals surface area contributed by atoms with Crippen molar-refractivity contribution >= 4 is 21.6 Å². The van der Waals surface area contributed by atoms with E-state index in [0.717, 1.165) is 25.7 Å². The van der Waals surface area contributed by atoms with Crippen molar-refractivity contribution in [2.45, 2.75) is 30.6 Å². The summed E-state index contributed by atoms with van der Waals surface area (Å²) in [5.74, 6) is 0.856. The minimum absolute atomic E-state index is 0.123. The van der Waals surface area contributed by atoms with E-state index >= 15 is 0 Å². The van der Waals surface area contributed by atoms with Gasteiger partial charge in [0.2, 0.25) is 10.0 Å². The predicted molar refractivity (Wildman–Crippen MR) is 118 cm³/mol. The SMILES string of the molecule is COc1ccc(S(=O)(=O)N2CCCCCC2)cc1NC(=O)c1ccc(OC)c(OC)c1. The van der Waals surface area contributed by atoms with E-state index in [2.05, 4.69) is 5.32 Å². The number of rotatable bonds is 7. The first kappa shape index (κ1) is 22.9. The monoisotopic (exact) mass is 448 g/mol. The summed E-state index contributed by atoms with van der Waals surface area (Å²) in [6.45, 7) is 1.00. The lowest BCUT2D eigenvalue weighted by Crippen LogP contribution is -2.32. The molecule has 1 fully saturated rings. The third kappa shape index (κ3) is 5.11. The van der Waals surface area contributed by atoms with Gasteiger partial charge in [-0.25, -0.2) is 8.42 Å². The maximum atomic E-state index is 13.1. The molecule has 2 aromatic rings. The average Bonchev–Trinajstić information content (AvgIpc) is 3.08. The number of ether oxygens (including phenoxy) is 3. The molecule has 3 rings (SSSR count). The Bertz CT molecular complexity index is 1030. The molecule has 1 N–H and O–H groups in total. The fourth-order valence-electron chi connectivity index (χ4n) is 3.55. The molecule has 0 spiro atoms. The summed E-state index contributed by atoms with van der Waals surface area (Å²) in [6.07, 6.45) is 3.75. The quantitative estimate of drug-likeness (QED) is 0.696. The lowest BCUT2D eigenvalue weighted by molar-refractivity contribution is 0.102. The first-order valence-electron chi connectivity index (χ1n) is 10.1. The molecule has 8 nitrogen and oxygen atoms in total. The molecular weight excluding hydrogens is 420 g/mol. The van der Waals surface area contributed by atoms with Gasteiger partial charge in [0.1, 0.15) is 5.75 Å². The van der Waals surface area contributed by atoms with E-state index in [1.165, 1.54) is 37.8 Å². The Balaban J connectivity index is 1.89. The van der Waals surface area contributed by atoms with Gasteiger partial charge >= 0.3 is 0 Å². The highest BCUT2D eigenvalue weighted by molar-refractivity contribution is 7.89. The molecule has 0 saturated carbocycles. The van der Waals surface area contributed by atoms with Gasteiger partial charge < -0.3 is 19.5 Å². The van der Waals surface area contributed by atoms with Crippen molar-refractivity contribution < 1.29 is 27.4 Å². The molecule has 1 heterocycles. The standard InChI is InChI=1S/C22H28N2O6S/c1-28-19-11-9-17(31(26,27)24-12-6-4-5-7-13-24)15-18(19)23-22(25)16-8-10-20(29-2)21(14-16)30-3/h8-11,14-15H,4-7,12-13H2,1-3H3,(H,23,25). The number of nitrogens with one attached hydrogen (secondary N) is 1. The lowest BCUT2D eigenvalue weighted by atomic mass is 10.1. The maximum absolute atomic E-state index is 13.1. The van der Waals surface area contributed by atoms with Crippen LogP contribution >= 0.6 is 0 Å². The normalized spacial score (nSPS) is 15.1. The Morgan fingerprint density at radius 2 is 1.45 bits per heavy atom. The number of carbonyl (C=O) groups excluding carboxylic acids is 1. The molecule has 0 aliphatic carbocycles. The van der Waals surface area contributed by atoms with Crippen LogP contribution in [0.5, 0.6) is 17.2 Å². The van der Waals surface area contributed by atoms with Crippen LogP contribution < -0.4 is 19.5 Å². The van der Waals surface area contributed by atoms with Crippen LogP contribution in [-0.4, -0.2) is 53.0 Å². The molecule has 0 bridgehead atoms. The van der Waals surface area contributed by atoms with Gasteiger partial charge in [0, 0.05) is 18.7 Å². The zero-order valence-electron chi connectivity index (χ0n) is 18.0. The number of methoxy groups -OCH3 is 3. The zero-order valence-corrected chi connectivity index (χ0v) is 18.8. The third-order valence-corrected chi connectivity index (χ3v) is 7.16. The number of hydrogen-bond donors (Lipinski definition) is 1. The van der Waals surface area contributed by atoms with Crippen molar-refractivity contribution in [3.05, 3.63) is 42.0 Å². The molecule has 0 unspecified atom stereocenters. The van der Waals surface area contributed by atoms with E-state index in [-0.39, 0.29) is 10.6 Å². The second kappa shape index (κ2) is 10.0. The summed E-state index contributed by atoms with van der Waals surface area (Å²) in [5, 5.41) is 2.75. The molecule has 1 aliphatic heterocycles. The molecule has 9 heteroatoms. The van der Waals surface area contributed by atoms with Gasteiger partial charge in [-0.15, -0.1) is 0 Å². The van der Waals surface area contributed by atoms with Crippen LogP contribution in [0.4, 0.5) is 5.69 Å². The highest BCUT2D eigenvalue weighted by atomic mass is 32.2. The van der Waals surface area contributed by atoms with E-state index in [1.807, 2.05) is 0 Å². The van der Waals surface area contributed by atoms with Crippen molar-refractivity contribution in [1.29, 1.82) is 0 Å². The Morgan fingerprint density at radius 3 is 2.06 bits per heavy atom. The predicted octanol–water partition coefficient (Wildman–Crippen LogP) is 3.53. The Hall–Kier alpha value is -2.78. The minimum atomic E-state index is -3.66. The van der Waals surface area contributed by atoms with Crippen molar-refractivity contribution in [2.24, 2.45) is 0 Å². The second-order valence-electron chi connectivity index (χ2n) is 7.20. The summed E-state index contributed by atoms with van der Waals surface area (Å²) in [5.41, 5.74) is 0.610. The first-order chi connectivity index (χ1) is 14.9. The van der Waals surface area contributed by atoms with Crippen molar-refractivity contribution in [3.63, 3.8) is 0 Å². The van der Waals surface area contributed by atoms with Gasteiger partial charge in [-0.2, -0.15) is 4.31 Å². The molecule has 168 valence electrons. The molecular formula is C22H28N2O6S. The summed E-state index contributed by atoms with van der Waals surface area (Å²) in [4.78, 5) is 13.0. The summed E-state index contributed by atoms with van der Waals surface area (Å²) >= 11 is 0. The molecule has 1 aliphatic rings. The number of hydrogen-bond acceptors (Lipinski definition) is 6. The lowest BCUT2D eigenvalue weighted by Gasteiger charge is -2.21. The summed E-state index contributed by atoms with van der Waals surface area (Å²) in [7, 11) is 0.798. The average molecular weight is 449 g/mol. The van der Waals surface area contributed by atoms with E-state index in [0.29, 0.717) is 35.9 Å². The third-order valence-electron chi connectivity index (χ3n) is 5.27. The Kier molecular flexibility index (Phi) is 7.40. The second-order valence-corrected chi connectivity index (χ2v) is 9.14. The molecule has 0 radical (unpaired) electrons. The summed E-state index contributed by atoms with van der Waals surface area (Å²) in [6, 6.07) is 9.28. The van der Waals surface area contributed by atoms with Crippen molar-refractivity contribution in [2.75, 3.05) is 39.7 Å². The van der Waals surface area contributed by atoms with E-state index < -0.39 is 15.9 Å². The van der Waals surface area contributed by atoms with Crippen LogP contribution in [0.3, 0.4) is 0 Å². The Labute approximate surface area is 183 Å². The largest absolute Gasteiger partial charge is 0.495 e. The number of benzene rings is 2. The molecule has 2 aromatic carbocycles. The van der Waals surface area contributed by atoms with E-state index in [1.54, 1.807) is 24.3 Å². The summed E-state index contributed by atoms with van der Waals surface area (Å²) < 4.78 is 43.6. The maximum Gasteiger partial charge on any atom is 0.255 e. The minimum Gasteiger partial charge on any atom is -0.495 e. The van der Waals surface area contributed by atoms with Gasteiger partial charge in [-0.3, -0.25) is 4.79 Å². The van der Waals surface area contributed by atoms with Crippen LogP contribution in [0.2, 0.25) is 0 Å². The van der Waals surface area contributed by atoms with Gasteiger partial charge in [-0.1, -0.05) is 12.8 Å². The zero-order chi connectivity index (χ0) is 22.4. The van der Waals surface area contributed by atoms with E-state index in [9.17, 15) is 13.2 Å². The smallest absolute Gasteiger partial charge is 0.255 e. The molecule has 0 aromatic heterocycles. The number of amides is 1. The molecule has 31 heavy (non-hydrogen) atoms. The number of nitrogens with zero attached hydrogens (tertiary/aromatic N) is 1. The van der Waals surface area contributed by atoms with Crippen molar-refractivity contribution in [1.82, 2.24) is 4.31 Å². The first-order valence-corrected chi connectivity index (χ1v) is 11.6. The molecule has 1 saturated heterocycles. The Morgan fingerprint density at radius 1 is 0.839 bits per heavy atom. The molecule has 0 atom stereocenters. The number of carbonyl (C=O) groups is 1. The van der Waals surface area contributed by atoms with Gasteiger partial charge in [0.15, 0.2) is 11.5 Å². The molecule has 1 amide bonds. The van der Waals surface area contributed by atoms with Gasteiger partial charge in [-0.05, 0) is 49.2 Å². The highest BCUT2D eigenvalue weighted by Gasteiger charge is 2.26. The van der Waals surface area contributed by atoms with Crippen LogP contribution in [0, 0.1) is 0 Å². The van der Waals surface area contributed by atoms with Crippen molar-refractivity contribution in [3.8, 4) is 17.2 Å². The van der Waals surface area contributed by atoms with Gasteiger partial charge in [0.25, 0.3) is 5.91 Å². The fraction of sp³-hybridized carbons (Fsp3) is 0.409. The topological polar surface area (TPSA) is 94.2 Å². The van der Waals surface area contributed by atoms with E-state index in [4.69, 9.17) is 14.2 Å². The van der Waals surface area contributed by atoms with Crippen LogP contribution in [0.25, 0.3) is 0 Å². The van der Waals surface area contributed by atoms with Gasteiger partial charge in [0.05, 0.1) is 31.9 Å². The van der Waals surface area contributed by atoms with Crippen LogP contribution in [-0.2, 0) is 10.0 Å². The fourth-order valence-corrected chi connectivity index (χ4v) is 5.09. The van der Waals surface area contributed by atoms with Crippen LogP contribution in [0.15, 0.2) is 41.3 Å².